The predicted octanol–water partition coefficient (Wildman–Crippen LogP) is 1.92. The van der Waals surface area contributed by atoms with E-state index in [0.29, 0.717) is 19.8 Å². The maximum Gasteiger partial charge on any atom is 0.129 e. The Morgan fingerprint density at radius 1 is 1.08 bits per heavy atom. The molecule has 0 aliphatic rings. The number of hydrogen-bond acceptors (Lipinski definition) is 2. The average molecular weight is 200 g/mol. The zero-order valence-corrected chi connectivity index (χ0v) is 10.1. The number of ether oxygens (including phenoxy) is 2. The monoisotopic (exact) mass is 200 g/mol. The van der Waals surface area contributed by atoms with E-state index in [1.807, 2.05) is 6.92 Å². The highest BCUT2D eigenvalue weighted by Crippen LogP contribution is 1.95. The minimum atomic E-state index is -1.20. The summed E-state index contributed by atoms with van der Waals surface area (Å²) in [5.74, 6) is 3.04. The topological polar surface area (TPSA) is 18.5 Å². The highest BCUT2D eigenvalue weighted by Gasteiger charge is 2.06. The van der Waals surface area contributed by atoms with Gasteiger partial charge in [0.05, 0.1) is 13.2 Å². The van der Waals surface area contributed by atoms with Gasteiger partial charge in [-0.3, -0.25) is 0 Å². The minimum Gasteiger partial charge on any atom is -0.379 e. The Labute approximate surface area is 82.6 Å². The van der Waals surface area contributed by atoms with E-state index >= 15 is 0 Å². The summed E-state index contributed by atoms with van der Waals surface area (Å²) in [7, 11) is -1.20. The standard InChI is InChI=1S/C10H20O2Si/c1-5-11-8-9-12-7-6-10-13(2,3)4/h5,7-9H2,1-4H3. The van der Waals surface area contributed by atoms with Crippen molar-refractivity contribution in [2.45, 2.75) is 26.6 Å². The summed E-state index contributed by atoms with van der Waals surface area (Å²) in [6.07, 6.45) is 0. The lowest BCUT2D eigenvalue weighted by atomic mass is 10.7. The van der Waals surface area contributed by atoms with Gasteiger partial charge in [-0.1, -0.05) is 25.6 Å². The SMILES string of the molecule is CCOCCOCC#C[Si](C)(C)C. The van der Waals surface area contributed by atoms with E-state index in [0.717, 1.165) is 6.61 Å². The first kappa shape index (κ1) is 12.7. The smallest absolute Gasteiger partial charge is 0.129 e. The summed E-state index contributed by atoms with van der Waals surface area (Å²) in [5.41, 5.74) is 3.24. The van der Waals surface area contributed by atoms with Crippen molar-refractivity contribution in [3.63, 3.8) is 0 Å². The molecule has 0 amide bonds. The highest BCUT2D eigenvalue weighted by atomic mass is 28.3. The fraction of sp³-hybridized carbons (Fsp3) is 0.800. The molecule has 2 nitrogen and oxygen atoms in total. The summed E-state index contributed by atoms with van der Waals surface area (Å²) < 4.78 is 10.4. The Balaban J connectivity index is 3.28. The lowest BCUT2D eigenvalue weighted by Gasteiger charge is -2.03. The van der Waals surface area contributed by atoms with Crippen LogP contribution in [-0.4, -0.2) is 34.5 Å². The van der Waals surface area contributed by atoms with E-state index in [1.165, 1.54) is 0 Å². The Hall–Kier alpha value is -0.303. The van der Waals surface area contributed by atoms with E-state index < -0.39 is 8.07 Å². The highest BCUT2D eigenvalue weighted by molar-refractivity contribution is 6.83. The zero-order valence-electron chi connectivity index (χ0n) is 9.14. The fourth-order valence-electron chi connectivity index (χ4n) is 0.687. The normalized spacial score (nSPS) is 10.8. The van der Waals surface area contributed by atoms with Crippen LogP contribution in [0.1, 0.15) is 6.92 Å². The second kappa shape index (κ2) is 7.13. The van der Waals surface area contributed by atoms with Gasteiger partial charge in [0.1, 0.15) is 14.7 Å². The molecule has 0 atom stereocenters. The molecular weight excluding hydrogens is 180 g/mol. The molecular formula is C10H20O2Si. The summed E-state index contributed by atoms with van der Waals surface area (Å²) >= 11 is 0. The Morgan fingerprint density at radius 2 is 1.69 bits per heavy atom. The van der Waals surface area contributed by atoms with Crippen LogP contribution in [0.15, 0.2) is 0 Å². The molecule has 0 aromatic heterocycles. The first-order chi connectivity index (χ1) is 6.06. The average Bonchev–Trinajstić information content (AvgIpc) is 2.01. The molecule has 13 heavy (non-hydrogen) atoms. The Bertz CT molecular complexity index is 174. The van der Waals surface area contributed by atoms with Crippen LogP contribution >= 0.6 is 0 Å². The molecule has 0 aromatic carbocycles. The van der Waals surface area contributed by atoms with Crippen molar-refractivity contribution in [3.05, 3.63) is 0 Å². The van der Waals surface area contributed by atoms with Crippen LogP contribution in [0, 0.1) is 11.5 Å². The zero-order chi connectivity index (χ0) is 10.2. The molecule has 0 fully saturated rings. The van der Waals surface area contributed by atoms with Crippen molar-refractivity contribution in [2.24, 2.45) is 0 Å². The molecule has 0 bridgehead atoms. The maximum absolute atomic E-state index is 5.25. The van der Waals surface area contributed by atoms with Crippen LogP contribution in [0.2, 0.25) is 19.6 Å². The molecule has 0 N–H and O–H groups in total. The summed E-state index contributed by atoms with van der Waals surface area (Å²) in [5, 5.41) is 0. The van der Waals surface area contributed by atoms with E-state index in [1.54, 1.807) is 0 Å². The van der Waals surface area contributed by atoms with Crippen LogP contribution in [0.4, 0.5) is 0 Å². The number of hydrogen-bond donors (Lipinski definition) is 0. The van der Waals surface area contributed by atoms with Crippen LogP contribution in [-0.2, 0) is 9.47 Å². The van der Waals surface area contributed by atoms with Crippen molar-refractivity contribution in [2.75, 3.05) is 26.4 Å². The summed E-state index contributed by atoms with van der Waals surface area (Å²) in [4.78, 5) is 0. The maximum atomic E-state index is 5.25. The van der Waals surface area contributed by atoms with Crippen molar-refractivity contribution in [1.29, 1.82) is 0 Å². The van der Waals surface area contributed by atoms with E-state index in [2.05, 4.69) is 31.1 Å². The van der Waals surface area contributed by atoms with Gasteiger partial charge < -0.3 is 9.47 Å². The molecule has 0 saturated heterocycles. The van der Waals surface area contributed by atoms with Gasteiger partial charge in [0.2, 0.25) is 0 Å². The lowest BCUT2D eigenvalue weighted by molar-refractivity contribution is 0.0662. The van der Waals surface area contributed by atoms with Gasteiger partial charge >= 0.3 is 0 Å². The third kappa shape index (κ3) is 11.7. The van der Waals surface area contributed by atoms with Gasteiger partial charge in [0.15, 0.2) is 0 Å². The second-order valence-corrected chi connectivity index (χ2v) is 8.55. The molecule has 0 aliphatic heterocycles. The summed E-state index contributed by atoms with van der Waals surface area (Å²) in [6.45, 7) is 11.3. The molecule has 76 valence electrons. The van der Waals surface area contributed by atoms with E-state index in [9.17, 15) is 0 Å². The third-order valence-corrected chi connectivity index (χ3v) is 2.14. The lowest BCUT2D eigenvalue weighted by Crippen LogP contribution is -2.16. The molecule has 0 saturated carbocycles. The van der Waals surface area contributed by atoms with Crippen LogP contribution in [0.25, 0.3) is 0 Å². The van der Waals surface area contributed by atoms with Crippen LogP contribution < -0.4 is 0 Å². The van der Waals surface area contributed by atoms with Crippen molar-refractivity contribution < 1.29 is 9.47 Å². The third-order valence-electron chi connectivity index (χ3n) is 1.21. The van der Waals surface area contributed by atoms with E-state index in [4.69, 9.17) is 9.47 Å². The van der Waals surface area contributed by atoms with Crippen molar-refractivity contribution in [1.82, 2.24) is 0 Å². The van der Waals surface area contributed by atoms with Crippen LogP contribution in [0.3, 0.4) is 0 Å². The summed E-state index contributed by atoms with van der Waals surface area (Å²) in [6, 6.07) is 0. The predicted molar refractivity (Wildman–Crippen MR) is 58.4 cm³/mol. The molecule has 0 unspecified atom stereocenters. The molecule has 0 heterocycles. The van der Waals surface area contributed by atoms with Crippen molar-refractivity contribution in [3.8, 4) is 11.5 Å². The minimum absolute atomic E-state index is 0.539. The molecule has 0 rings (SSSR count). The van der Waals surface area contributed by atoms with Gasteiger partial charge in [-0.15, -0.1) is 5.54 Å². The first-order valence-electron chi connectivity index (χ1n) is 4.72. The molecule has 0 aromatic rings. The number of rotatable bonds is 5. The molecule has 0 radical (unpaired) electrons. The first-order valence-corrected chi connectivity index (χ1v) is 8.22. The van der Waals surface area contributed by atoms with Crippen LogP contribution in [0.5, 0.6) is 0 Å². The van der Waals surface area contributed by atoms with Gasteiger partial charge in [0, 0.05) is 6.61 Å². The van der Waals surface area contributed by atoms with Gasteiger partial charge in [-0.25, -0.2) is 0 Å². The van der Waals surface area contributed by atoms with Gasteiger partial charge in [0.25, 0.3) is 0 Å². The Kier molecular flexibility index (Phi) is 6.97. The molecule has 0 spiro atoms. The molecule has 3 heteroatoms. The Morgan fingerprint density at radius 3 is 2.23 bits per heavy atom. The second-order valence-electron chi connectivity index (χ2n) is 3.80. The van der Waals surface area contributed by atoms with E-state index in [-0.39, 0.29) is 0 Å². The largest absolute Gasteiger partial charge is 0.379 e. The van der Waals surface area contributed by atoms with Crippen molar-refractivity contribution >= 4 is 8.07 Å². The quantitative estimate of drug-likeness (QED) is 0.383. The molecule has 0 aliphatic carbocycles. The van der Waals surface area contributed by atoms with Gasteiger partial charge in [-0.2, -0.15) is 0 Å². The van der Waals surface area contributed by atoms with Gasteiger partial charge in [-0.05, 0) is 6.92 Å². The fourth-order valence-corrected chi connectivity index (χ4v) is 1.29.